The number of amides is 1. The van der Waals surface area contributed by atoms with Gasteiger partial charge in [-0.1, -0.05) is 25.1 Å². The second-order valence-corrected chi connectivity index (χ2v) is 3.96. The van der Waals surface area contributed by atoms with Gasteiger partial charge < -0.3 is 14.7 Å². The number of rotatable bonds is 5. The summed E-state index contributed by atoms with van der Waals surface area (Å²) in [6.45, 7) is 3.88. The van der Waals surface area contributed by atoms with Crippen molar-refractivity contribution in [3.05, 3.63) is 30.3 Å². The molecule has 1 aromatic rings. The van der Waals surface area contributed by atoms with E-state index in [4.69, 9.17) is 9.84 Å². The Morgan fingerprint density at radius 2 is 1.94 bits per heavy atom. The molecule has 0 fully saturated rings. The Morgan fingerprint density at radius 3 is 2.44 bits per heavy atom. The Bertz CT molecular complexity index is 405. The fourth-order valence-electron chi connectivity index (χ4n) is 1.40. The average Bonchev–Trinajstić information content (AvgIpc) is 2.36. The topological polar surface area (TPSA) is 66.8 Å². The molecule has 1 aromatic carbocycles. The van der Waals surface area contributed by atoms with E-state index in [1.165, 1.54) is 4.90 Å². The molecule has 1 atom stereocenters. The largest absolute Gasteiger partial charge is 0.481 e. The third kappa shape index (κ3) is 4.08. The summed E-state index contributed by atoms with van der Waals surface area (Å²) in [5.41, 5.74) is 0. The van der Waals surface area contributed by atoms with Crippen molar-refractivity contribution in [2.45, 2.75) is 13.8 Å². The van der Waals surface area contributed by atoms with E-state index in [9.17, 15) is 9.59 Å². The molecule has 18 heavy (non-hydrogen) atoms. The van der Waals surface area contributed by atoms with Gasteiger partial charge in [-0.15, -0.1) is 0 Å². The van der Waals surface area contributed by atoms with E-state index in [2.05, 4.69) is 0 Å². The lowest BCUT2D eigenvalue weighted by atomic mass is 10.2. The van der Waals surface area contributed by atoms with E-state index in [1.54, 1.807) is 38.1 Å². The molecule has 0 radical (unpaired) electrons. The van der Waals surface area contributed by atoms with Gasteiger partial charge in [0.1, 0.15) is 5.75 Å². The van der Waals surface area contributed by atoms with Gasteiger partial charge in [0.25, 0.3) is 0 Å². The first-order chi connectivity index (χ1) is 8.54. The van der Waals surface area contributed by atoms with Crippen molar-refractivity contribution in [1.82, 2.24) is 4.90 Å². The first-order valence-electron chi connectivity index (χ1n) is 5.79. The average molecular weight is 251 g/mol. The van der Waals surface area contributed by atoms with E-state index in [0.29, 0.717) is 12.3 Å². The Morgan fingerprint density at radius 1 is 1.33 bits per heavy atom. The van der Waals surface area contributed by atoms with Gasteiger partial charge in [-0.25, -0.2) is 4.79 Å². The smallest absolute Gasteiger partial charge is 0.415 e. The summed E-state index contributed by atoms with van der Waals surface area (Å²) in [7, 11) is 0. The van der Waals surface area contributed by atoms with Gasteiger partial charge in [-0.2, -0.15) is 0 Å². The standard InChI is InChI=1S/C13H17NO4/c1-3-14(9-10(2)12(15)16)13(17)18-11-7-5-4-6-8-11/h4-8,10H,3,9H2,1-2H3,(H,15,16). The highest BCUT2D eigenvalue weighted by Gasteiger charge is 2.20. The van der Waals surface area contributed by atoms with Crippen LogP contribution in [0.2, 0.25) is 0 Å². The molecule has 98 valence electrons. The zero-order valence-corrected chi connectivity index (χ0v) is 10.5. The van der Waals surface area contributed by atoms with E-state index in [0.717, 1.165) is 0 Å². The maximum Gasteiger partial charge on any atom is 0.415 e. The normalized spacial score (nSPS) is 11.7. The van der Waals surface area contributed by atoms with Crippen LogP contribution >= 0.6 is 0 Å². The molecule has 0 aliphatic carbocycles. The molecule has 0 aliphatic heterocycles. The molecule has 0 saturated carbocycles. The molecule has 5 nitrogen and oxygen atoms in total. The zero-order chi connectivity index (χ0) is 13.5. The summed E-state index contributed by atoms with van der Waals surface area (Å²) in [4.78, 5) is 23.9. The zero-order valence-electron chi connectivity index (χ0n) is 10.5. The van der Waals surface area contributed by atoms with Crippen molar-refractivity contribution in [2.24, 2.45) is 5.92 Å². The van der Waals surface area contributed by atoms with Gasteiger partial charge in [0, 0.05) is 13.1 Å². The van der Waals surface area contributed by atoms with Crippen LogP contribution in [-0.4, -0.2) is 35.2 Å². The van der Waals surface area contributed by atoms with E-state index < -0.39 is 18.0 Å². The first kappa shape index (κ1) is 14.0. The predicted molar refractivity (Wildman–Crippen MR) is 66.5 cm³/mol. The third-order valence-electron chi connectivity index (χ3n) is 2.50. The SMILES string of the molecule is CCN(CC(C)C(=O)O)C(=O)Oc1ccccc1. The van der Waals surface area contributed by atoms with Crippen molar-refractivity contribution in [2.75, 3.05) is 13.1 Å². The molecule has 5 heteroatoms. The monoisotopic (exact) mass is 251 g/mol. The van der Waals surface area contributed by atoms with Crippen LogP contribution in [0.5, 0.6) is 5.75 Å². The van der Waals surface area contributed by atoms with Gasteiger partial charge in [0.15, 0.2) is 0 Å². The number of carboxylic acid groups (broad SMARTS) is 1. The Kier molecular flexibility index (Phi) is 5.17. The van der Waals surface area contributed by atoms with E-state index in [-0.39, 0.29) is 6.54 Å². The molecule has 0 aromatic heterocycles. The fraction of sp³-hybridized carbons (Fsp3) is 0.385. The van der Waals surface area contributed by atoms with Gasteiger partial charge in [0.05, 0.1) is 5.92 Å². The number of hydrogen-bond donors (Lipinski definition) is 1. The lowest BCUT2D eigenvalue weighted by Gasteiger charge is -2.21. The van der Waals surface area contributed by atoms with Crippen LogP contribution in [0.4, 0.5) is 4.79 Å². The van der Waals surface area contributed by atoms with Gasteiger partial charge >= 0.3 is 12.1 Å². The molecule has 0 aliphatic rings. The lowest BCUT2D eigenvalue weighted by molar-refractivity contribution is -0.141. The van der Waals surface area contributed by atoms with Crippen molar-refractivity contribution in [3.63, 3.8) is 0 Å². The van der Waals surface area contributed by atoms with E-state index in [1.807, 2.05) is 6.07 Å². The summed E-state index contributed by atoms with van der Waals surface area (Å²) in [6, 6.07) is 8.69. The highest BCUT2D eigenvalue weighted by Crippen LogP contribution is 2.11. The number of benzene rings is 1. The highest BCUT2D eigenvalue weighted by atomic mass is 16.6. The van der Waals surface area contributed by atoms with E-state index >= 15 is 0 Å². The minimum atomic E-state index is -0.930. The number of carbonyl (C=O) groups is 2. The van der Waals surface area contributed by atoms with Crippen LogP contribution in [0, 0.1) is 5.92 Å². The number of aliphatic carboxylic acids is 1. The van der Waals surface area contributed by atoms with Gasteiger partial charge in [-0.05, 0) is 19.1 Å². The number of hydrogen-bond acceptors (Lipinski definition) is 3. The van der Waals surface area contributed by atoms with Crippen molar-refractivity contribution >= 4 is 12.1 Å². The highest BCUT2D eigenvalue weighted by molar-refractivity contribution is 5.73. The Hall–Kier alpha value is -2.04. The maximum atomic E-state index is 11.8. The first-order valence-corrected chi connectivity index (χ1v) is 5.79. The van der Waals surface area contributed by atoms with Crippen LogP contribution < -0.4 is 4.74 Å². The molecule has 1 N–H and O–H groups in total. The molecule has 0 spiro atoms. The number of nitrogens with zero attached hydrogens (tertiary/aromatic N) is 1. The third-order valence-corrected chi connectivity index (χ3v) is 2.50. The fourth-order valence-corrected chi connectivity index (χ4v) is 1.40. The Balaban J connectivity index is 2.60. The molecular formula is C13H17NO4. The molecule has 0 heterocycles. The molecular weight excluding hydrogens is 234 g/mol. The van der Waals surface area contributed by atoms with Crippen molar-refractivity contribution < 1.29 is 19.4 Å². The predicted octanol–water partition coefficient (Wildman–Crippen LogP) is 2.23. The summed E-state index contributed by atoms with van der Waals surface area (Å²) in [5, 5.41) is 8.82. The molecule has 1 rings (SSSR count). The van der Waals surface area contributed by atoms with Crippen LogP contribution in [-0.2, 0) is 4.79 Å². The minimum absolute atomic E-state index is 0.136. The summed E-state index contributed by atoms with van der Waals surface area (Å²) in [5.74, 6) is -1.10. The van der Waals surface area contributed by atoms with Crippen LogP contribution in [0.1, 0.15) is 13.8 Å². The summed E-state index contributed by atoms with van der Waals surface area (Å²) < 4.78 is 5.14. The van der Waals surface area contributed by atoms with Crippen molar-refractivity contribution in [3.8, 4) is 5.75 Å². The second kappa shape index (κ2) is 6.64. The van der Waals surface area contributed by atoms with Crippen LogP contribution in [0.25, 0.3) is 0 Å². The number of para-hydroxylation sites is 1. The van der Waals surface area contributed by atoms with Crippen molar-refractivity contribution in [1.29, 1.82) is 0 Å². The summed E-state index contributed by atoms with van der Waals surface area (Å²) >= 11 is 0. The number of carboxylic acids is 1. The lowest BCUT2D eigenvalue weighted by Crippen LogP contribution is -2.38. The van der Waals surface area contributed by atoms with Crippen LogP contribution in [0.3, 0.4) is 0 Å². The summed E-state index contributed by atoms with van der Waals surface area (Å²) in [6.07, 6.45) is -0.531. The van der Waals surface area contributed by atoms with Crippen LogP contribution in [0.15, 0.2) is 30.3 Å². The minimum Gasteiger partial charge on any atom is -0.481 e. The number of ether oxygens (including phenoxy) is 1. The van der Waals surface area contributed by atoms with Gasteiger partial charge in [0.2, 0.25) is 0 Å². The molecule has 1 unspecified atom stereocenters. The number of carbonyl (C=O) groups excluding carboxylic acids is 1. The molecule has 0 bridgehead atoms. The molecule has 1 amide bonds. The molecule has 0 saturated heterocycles. The quantitative estimate of drug-likeness (QED) is 0.871. The maximum absolute atomic E-state index is 11.8. The Labute approximate surface area is 106 Å². The van der Waals surface area contributed by atoms with Gasteiger partial charge in [-0.3, -0.25) is 4.79 Å². The second-order valence-electron chi connectivity index (χ2n) is 3.96.